The van der Waals surface area contributed by atoms with Gasteiger partial charge >= 0.3 is 5.97 Å². The zero-order chi connectivity index (χ0) is 15.7. The Morgan fingerprint density at radius 2 is 2.05 bits per heavy atom. The first-order chi connectivity index (χ1) is 10.6. The molecule has 1 N–H and O–H groups in total. The van der Waals surface area contributed by atoms with E-state index in [9.17, 15) is 14.7 Å². The van der Waals surface area contributed by atoms with Crippen LogP contribution in [0.1, 0.15) is 54.4 Å². The molecule has 120 valence electrons. The lowest BCUT2D eigenvalue weighted by atomic mass is 9.87. The standard InChI is InChI=1S/C16H22N2O4/c1-10-9-18(8-7-11(10)16(20)21)15(19)14-12-5-3-2-4-6-13(12)22-17-14/h10-11H,2-9H2,1H3,(H,20,21). The molecule has 22 heavy (non-hydrogen) atoms. The van der Waals surface area contributed by atoms with Gasteiger partial charge in [0.2, 0.25) is 0 Å². The van der Waals surface area contributed by atoms with Gasteiger partial charge in [-0.05, 0) is 31.6 Å². The highest BCUT2D eigenvalue weighted by atomic mass is 16.5. The summed E-state index contributed by atoms with van der Waals surface area (Å²) in [5, 5.41) is 13.2. The Kier molecular flexibility index (Phi) is 4.18. The van der Waals surface area contributed by atoms with E-state index in [1.165, 1.54) is 0 Å². The average Bonchev–Trinajstić information content (AvgIpc) is 2.74. The molecular weight excluding hydrogens is 284 g/mol. The molecule has 1 aliphatic heterocycles. The number of carbonyl (C=O) groups excluding carboxylic acids is 1. The molecule has 2 aliphatic rings. The monoisotopic (exact) mass is 306 g/mol. The second kappa shape index (κ2) is 6.10. The van der Waals surface area contributed by atoms with E-state index in [0.29, 0.717) is 25.2 Å². The summed E-state index contributed by atoms with van der Waals surface area (Å²) in [4.78, 5) is 25.6. The molecule has 1 amide bonds. The van der Waals surface area contributed by atoms with Crippen molar-refractivity contribution in [3.63, 3.8) is 0 Å². The minimum absolute atomic E-state index is 0.0410. The molecule has 0 radical (unpaired) electrons. The molecule has 6 heteroatoms. The van der Waals surface area contributed by atoms with Gasteiger partial charge in [0.25, 0.3) is 5.91 Å². The van der Waals surface area contributed by atoms with Gasteiger partial charge in [0.1, 0.15) is 5.76 Å². The van der Waals surface area contributed by atoms with Crippen molar-refractivity contribution in [3.8, 4) is 0 Å². The van der Waals surface area contributed by atoms with E-state index in [1.54, 1.807) is 4.90 Å². The largest absolute Gasteiger partial charge is 0.481 e. The summed E-state index contributed by atoms with van der Waals surface area (Å²) in [6.07, 6.45) is 5.50. The van der Waals surface area contributed by atoms with Crippen LogP contribution in [-0.4, -0.2) is 40.1 Å². The summed E-state index contributed by atoms with van der Waals surface area (Å²) >= 11 is 0. The lowest BCUT2D eigenvalue weighted by Crippen LogP contribution is -2.45. The Morgan fingerprint density at radius 1 is 1.27 bits per heavy atom. The number of hydrogen-bond acceptors (Lipinski definition) is 4. The highest BCUT2D eigenvalue weighted by molar-refractivity contribution is 5.94. The maximum absolute atomic E-state index is 12.7. The van der Waals surface area contributed by atoms with E-state index in [-0.39, 0.29) is 17.7 Å². The first kappa shape index (κ1) is 15.1. The van der Waals surface area contributed by atoms with Gasteiger partial charge in [-0.2, -0.15) is 0 Å². The molecule has 2 heterocycles. The van der Waals surface area contributed by atoms with Gasteiger partial charge < -0.3 is 14.5 Å². The number of hydrogen-bond donors (Lipinski definition) is 1. The maximum atomic E-state index is 12.7. The van der Waals surface area contributed by atoms with E-state index in [4.69, 9.17) is 4.52 Å². The van der Waals surface area contributed by atoms with Crippen molar-refractivity contribution in [2.45, 2.75) is 45.4 Å². The molecule has 1 saturated heterocycles. The number of carboxylic acid groups (broad SMARTS) is 1. The second-order valence-corrected chi connectivity index (χ2v) is 6.46. The molecule has 0 aromatic carbocycles. The lowest BCUT2D eigenvalue weighted by Gasteiger charge is -2.34. The Labute approximate surface area is 129 Å². The summed E-state index contributed by atoms with van der Waals surface area (Å²) < 4.78 is 5.37. The number of rotatable bonds is 2. The van der Waals surface area contributed by atoms with Gasteiger partial charge in [-0.25, -0.2) is 0 Å². The first-order valence-electron chi connectivity index (χ1n) is 8.07. The molecule has 1 aromatic rings. The summed E-state index contributed by atoms with van der Waals surface area (Å²) in [5.74, 6) is -0.425. The fourth-order valence-corrected chi connectivity index (χ4v) is 3.58. The Balaban J connectivity index is 1.75. The minimum Gasteiger partial charge on any atom is -0.481 e. The third-order valence-electron chi connectivity index (χ3n) is 4.91. The van der Waals surface area contributed by atoms with Crippen LogP contribution < -0.4 is 0 Å². The number of aryl methyl sites for hydroxylation is 1. The first-order valence-corrected chi connectivity index (χ1v) is 8.07. The number of aromatic nitrogens is 1. The average molecular weight is 306 g/mol. The van der Waals surface area contributed by atoms with Crippen molar-refractivity contribution >= 4 is 11.9 Å². The van der Waals surface area contributed by atoms with E-state index in [1.807, 2.05) is 6.92 Å². The molecule has 1 aliphatic carbocycles. The molecule has 2 atom stereocenters. The zero-order valence-corrected chi connectivity index (χ0v) is 12.9. The number of nitrogens with zero attached hydrogens (tertiary/aromatic N) is 2. The van der Waals surface area contributed by atoms with Crippen LogP contribution in [0, 0.1) is 11.8 Å². The minimum atomic E-state index is -0.769. The van der Waals surface area contributed by atoms with E-state index in [0.717, 1.165) is 43.4 Å². The van der Waals surface area contributed by atoms with Crippen LogP contribution in [-0.2, 0) is 17.6 Å². The molecule has 0 bridgehead atoms. The predicted octanol–water partition coefficient (Wildman–Crippen LogP) is 2.13. The normalized spacial score (nSPS) is 25.4. The van der Waals surface area contributed by atoms with Crippen molar-refractivity contribution in [2.75, 3.05) is 13.1 Å². The highest BCUT2D eigenvalue weighted by Gasteiger charge is 2.35. The fourth-order valence-electron chi connectivity index (χ4n) is 3.58. The van der Waals surface area contributed by atoms with Crippen molar-refractivity contribution < 1.29 is 19.2 Å². The van der Waals surface area contributed by atoms with Crippen molar-refractivity contribution in [2.24, 2.45) is 11.8 Å². The quantitative estimate of drug-likeness (QED) is 0.846. The predicted molar refractivity (Wildman–Crippen MR) is 78.6 cm³/mol. The van der Waals surface area contributed by atoms with Crippen LogP contribution in [0.15, 0.2) is 4.52 Å². The van der Waals surface area contributed by atoms with Gasteiger partial charge in [0, 0.05) is 25.1 Å². The zero-order valence-electron chi connectivity index (χ0n) is 12.9. The van der Waals surface area contributed by atoms with Gasteiger partial charge in [0.05, 0.1) is 5.92 Å². The SMILES string of the molecule is CC1CN(C(=O)c2noc3c2CCCCC3)CCC1C(=O)O. The second-order valence-electron chi connectivity index (χ2n) is 6.46. The summed E-state index contributed by atoms with van der Waals surface area (Å²) in [5.41, 5.74) is 1.41. The van der Waals surface area contributed by atoms with Gasteiger partial charge in [-0.3, -0.25) is 9.59 Å². The number of amides is 1. The van der Waals surface area contributed by atoms with Crippen molar-refractivity contribution in [3.05, 3.63) is 17.0 Å². The summed E-state index contributed by atoms with van der Waals surface area (Å²) in [6.45, 7) is 2.83. The van der Waals surface area contributed by atoms with E-state index < -0.39 is 5.97 Å². The molecule has 1 fully saturated rings. The number of fused-ring (bicyclic) bond motifs is 1. The molecule has 2 unspecified atom stereocenters. The molecule has 6 nitrogen and oxygen atoms in total. The fraction of sp³-hybridized carbons (Fsp3) is 0.688. The van der Waals surface area contributed by atoms with Gasteiger partial charge in [0.15, 0.2) is 5.69 Å². The van der Waals surface area contributed by atoms with E-state index in [2.05, 4.69) is 5.16 Å². The number of carbonyl (C=O) groups is 2. The molecule has 3 rings (SSSR count). The number of likely N-dealkylation sites (tertiary alicyclic amines) is 1. The highest BCUT2D eigenvalue weighted by Crippen LogP contribution is 2.28. The number of carboxylic acids is 1. The van der Waals surface area contributed by atoms with Crippen LogP contribution in [0.25, 0.3) is 0 Å². The third-order valence-corrected chi connectivity index (χ3v) is 4.91. The van der Waals surface area contributed by atoms with Crippen LogP contribution in [0.3, 0.4) is 0 Å². The molecule has 0 spiro atoms. The Bertz CT molecular complexity index is 581. The third kappa shape index (κ3) is 2.74. The number of piperidine rings is 1. The van der Waals surface area contributed by atoms with Gasteiger partial charge in [-0.15, -0.1) is 0 Å². The Hall–Kier alpha value is -1.85. The topological polar surface area (TPSA) is 83.6 Å². The summed E-state index contributed by atoms with van der Waals surface area (Å²) in [6, 6.07) is 0. The maximum Gasteiger partial charge on any atom is 0.306 e. The molecule has 1 aromatic heterocycles. The molecule has 0 saturated carbocycles. The smallest absolute Gasteiger partial charge is 0.306 e. The van der Waals surface area contributed by atoms with Crippen LogP contribution in [0.2, 0.25) is 0 Å². The Morgan fingerprint density at radius 3 is 2.77 bits per heavy atom. The van der Waals surface area contributed by atoms with Gasteiger partial charge in [-0.1, -0.05) is 18.5 Å². The molecular formula is C16H22N2O4. The van der Waals surface area contributed by atoms with Crippen LogP contribution in [0.4, 0.5) is 0 Å². The van der Waals surface area contributed by atoms with E-state index >= 15 is 0 Å². The van der Waals surface area contributed by atoms with Crippen LogP contribution in [0.5, 0.6) is 0 Å². The number of aliphatic carboxylic acids is 1. The summed E-state index contributed by atoms with van der Waals surface area (Å²) in [7, 11) is 0. The van der Waals surface area contributed by atoms with Crippen molar-refractivity contribution in [1.29, 1.82) is 0 Å². The lowest BCUT2D eigenvalue weighted by molar-refractivity contribution is -0.145. The van der Waals surface area contributed by atoms with Crippen molar-refractivity contribution in [1.82, 2.24) is 10.1 Å². The van der Waals surface area contributed by atoms with Crippen LogP contribution >= 0.6 is 0 Å².